The lowest BCUT2D eigenvalue weighted by Gasteiger charge is -2.16. The van der Waals surface area contributed by atoms with Crippen LogP contribution in [0.3, 0.4) is 0 Å². The van der Waals surface area contributed by atoms with Crippen molar-refractivity contribution in [1.29, 1.82) is 0 Å². The standard InChI is InChI=1S/C20H25N5O4/c1-4-16-19(13(3)26)12(2)22-20(16)17(27)11-24-8-7-14(10-24)23-18-6-5-15(9-21-18)25(28)29/h5-6,9,14,22H,4,7-8,10-11H2,1-3H3,(H,21,23). The van der Waals surface area contributed by atoms with Crippen molar-refractivity contribution < 1.29 is 14.5 Å². The summed E-state index contributed by atoms with van der Waals surface area (Å²) >= 11 is 0. The van der Waals surface area contributed by atoms with Crippen LogP contribution in [0, 0.1) is 17.0 Å². The monoisotopic (exact) mass is 399 g/mol. The number of carbonyl (C=O) groups excluding carboxylic acids is 2. The molecular weight excluding hydrogens is 374 g/mol. The number of carbonyl (C=O) groups is 2. The maximum absolute atomic E-state index is 12.9. The number of aromatic amines is 1. The number of nitrogens with zero attached hydrogens (tertiary/aromatic N) is 3. The Bertz CT molecular complexity index is 935. The van der Waals surface area contributed by atoms with Gasteiger partial charge in [-0.3, -0.25) is 24.6 Å². The van der Waals surface area contributed by atoms with E-state index < -0.39 is 4.92 Å². The lowest BCUT2D eigenvalue weighted by atomic mass is 10.0. The fourth-order valence-electron chi connectivity index (χ4n) is 3.91. The number of nitro groups is 1. The molecule has 0 spiro atoms. The number of nitrogens with one attached hydrogen (secondary N) is 2. The van der Waals surface area contributed by atoms with Crippen LogP contribution in [0.5, 0.6) is 0 Å². The van der Waals surface area contributed by atoms with Crippen molar-refractivity contribution in [1.82, 2.24) is 14.9 Å². The first-order valence-corrected chi connectivity index (χ1v) is 9.65. The van der Waals surface area contributed by atoms with Crippen molar-refractivity contribution in [3.8, 4) is 0 Å². The van der Waals surface area contributed by atoms with Crippen LogP contribution < -0.4 is 5.32 Å². The first-order chi connectivity index (χ1) is 13.8. The number of Topliss-reactive ketones (excluding diaryl/α,β-unsaturated/α-hetero) is 2. The van der Waals surface area contributed by atoms with Gasteiger partial charge in [-0.25, -0.2) is 4.98 Å². The number of hydrogen-bond acceptors (Lipinski definition) is 7. The maximum atomic E-state index is 12.9. The normalized spacial score (nSPS) is 16.7. The second-order valence-electron chi connectivity index (χ2n) is 7.34. The number of hydrogen-bond donors (Lipinski definition) is 2. The second-order valence-corrected chi connectivity index (χ2v) is 7.34. The fourth-order valence-corrected chi connectivity index (χ4v) is 3.91. The topological polar surface area (TPSA) is 121 Å². The quantitative estimate of drug-likeness (QED) is 0.398. The third kappa shape index (κ3) is 4.51. The van der Waals surface area contributed by atoms with E-state index in [1.807, 2.05) is 13.8 Å². The van der Waals surface area contributed by atoms with Crippen LogP contribution in [0.25, 0.3) is 0 Å². The lowest BCUT2D eigenvalue weighted by Crippen LogP contribution is -2.31. The van der Waals surface area contributed by atoms with Crippen LogP contribution in [0.2, 0.25) is 0 Å². The minimum absolute atomic E-state index is 0.0217. The molecule has 0 saturated carbocycles. The van der Waals surface area contributed by atoms with Crippen LogP contribution in [0.15, 0.2) is 18.3 Å². The molecule has 3 heterocycles. The molecular formula is C20H25N5O4. The Morgan fingerprint density at radius 1 is 1.41 bits per heavy atom. The number of likely N-dealkylation sites (tertiary alicyclic amines) is 1. The largest absolute Gasteiger partial charge is 0.366 e. The number of aryl methyl sites for hydroxylation is 1. The summed E-state index contributed by atoms with van der Waals surface area (Å²) in [7, 11) is 0. The molecule has 1 aliphatic rings. The summed E-state index contributed by atoms with van der Waals surface area (Å²) in [5.74, 6) is 0.524. The summed E-state index contributed by atoms with van der Waals surface area (Å²) in [5, 5.41) is 14.0. The summed E-state index contributed by atoms with van der Waals surface area (Å²) in [6.45, 7) is 6.99. The van der Waals surface area contributed by atoms with Crippen molar-refractivity contribution in [3.63, 3.8) is 0 Å². The van der Waals surface area contributed by atoms with Crippen molar-refractivity contribution in [3.05, 3.63) is 51.0 Å². The number of aromatic nitrogens is 2. The molecule has 0 aliphatic carbocycles. The van der Waals surface area contributed by atoms with E-state index in [1.165, 1.54) is 19.2 Å². The zero-order valence-electron chi connectivity index (χ0n) is 16.8. The summed E-state index contributed by atoms with van der Waals surface area (Å²) in [6.07, 6.45) is 2.69. The summed E-state index contributed by atoms with van der Waals surface area (Å²) in [6, 6.07) is 3.11. The van der Waals surface area contributed by atoms with Crippen molar-refractivity contribution in [2.75, 3.05) is 25.0 Å². The average molecular weight is 399 g/mol. The van der Waals surface area contributed by atoms with Gasteiger partial charge in [0.1, 0.15) is 12.0 Å². The molecule has 154 valence electrons. The molecule has 0 bridgehead atoms. The fraction of sp³-hybridized carbons (Fsp3) is 0.450. The Morgan fingerprint density at radius 3 is 2.76 bits per heavy atom. The first-order valence-electron chi connectivity index (χ1n) is 9.65. The third-order valence-electron chi connectivity index (χ3n) is 5.23. The van der Waals surface area contributed by atoms with Gasteiger partial charge in [0.25, 0.3) is 5.69 Å². The third-order valence-corrected chi connectivity index (χ3v) is 5.23. The molecule has 9 nitrogen and oxygen atoms in total. The highest BCUT2D eigenvalue weighted by atomic mass is 16.6. The average Bonchev–Trinajstić information content (AvgIpc) is 3.25. The van der Waals surface area contributed by atoms with Crippen LogP contribution in [-0.2, 0) is 6.42 Å². The van der Waals surface area contributed by atoms with Gasteiger partial charge >= 0.3 is 0 Å². The highest BCUT2D eigenvalue weighted by Crippen LogP contribution is 2.22. The van der Waals surface area contributed by atoms with Crippen LogP contribution in [0.4, 0.5) is 11.5 Å². The highest BCUT2D eigenvalue weighted by Gasteiger charge is 2.27. The molecule has 0 amide bonds. The Morgan fingerprint density at radius 2 is 2.17 bits per heavy atom. The van der Waals surface area contributed by atoms with Crippen LogP contribution in [0.1, 0.15) is 52.4 Å². The summed E-state index contributed by atoms with van der Waals surface area (Å²) in [5.41, 5.74) is 2.64. The molecule has 0 radical (unpaired) electrons. The van der Waals surface area contributed by atoms with E-state index in [0.717, 1.165) is 24.2 Å². The molecule has 0 aromatic carbocycles. The molecule has 29 heavy (non-hydrogen) atoms. The van der Waals surface area contributed by atoms with E-state index in [4.69, 9.17) is 0 Å². The summed E-state index contributed by atoms with van der Waals surface area (Å²) < 4.78 is 0. The first kappa shape index (κ1) is 20.7. The zero-order chi connectivity index (χ0) is 21.1. The SMILES string of the molecule is CCc1c(C(=O)CN2CCC(Nc3ccc([N+](=O)[O-])cn3)C2)[nH]c(C)c1C(C)=O. The van der Waals surface area contributed by atoms with E-state index in [-0.39, 0.29) is 29.8 Å². The molecule has 9 heteroatoms. The van der Waals surface area contributed by atoms with Gasteiger partial charge in [0.05, 0.1) is 17.2 Å². The molecule has 2 N–H and O–H groups in total. The minimum Gasteiger partial charge on any atom is -0.366 e. The van der Waals surface area contributed by atoms with E-state index in [0.29, 0.717) is 30.0 Å². The van der Waals surface area contributed by atoms with E-state index in [1.54, 1.807) is 6.07 Å². The van der Waals surface area contributed by atoms with E-state index in [9.17, 15) is 19.7 Å². The van der Waals surface area contributed by atoms with Gasteiger partial charge in [-0.1, -0.05) is 6.92 Å². The Kier molecular flexibility index (Phi) is 6.07. The predicted molar refractivity (Wildman–Crippen MR) is 109 cm³/mol. The zero-order valence-corrected chi connectivity index (χ0v) is 16.8. The number of anilines is 1. The van der Waals surface area contributed by atoms with Crippen molar-refractivity contribution >= 4 is 23.1 Å². The molecule has 1 fully saturated rings. The van der Waals surface area contributed by atoms with Crippen molar-refractivity contribution in [2.45, 2.75) is 39.7 Å². The van der Waals surface area contributed by atoms with Gasteiger partial charge < -0.3 is 10.3 Å². The smallest absolute Gasteiger partial charge is 0.287 e. The molecule has 1 saturated heterocycles. The highest BCUT2D eigenvalue weighted by molar-refractivity contribution is 6.04. The lowest BCUT2D eigenvalue weighted by molar-refractivity contribution is -0.385. The molecule has 3 rings (SSSR count). The number of rotatable bonds is 8. The van der Waals surface area contributed by atoms with Gasteiger partial charge in [-0.15, -0.1) is 0 Å². The molecule has 1 aliphatic heterocycles. The molecule has 1 atom stereocenters. The Balaban J connectivity index is 1.61. The van der Waals surface area contributed by atoms with Gasteiger partial charge in [0, 0.05) is 36.5 Å². The van der Waals surface area contributed by atoms with Gasteiger partial charge in [0.2, 0.25) is 0 Å². The maximum Gasteiger partial charge on any atom is 0.287 e. The van der Waals surface area contributed by atoms with Gasteiger partial charge in [-0.2, -0.15) is 0 Å². The number of ketones is 2. The van der Waals surface area contributed by atoms with Gasteiger partial charge in [0.15, 0.2) is 11.6 Å². The molecule has 1 unspecified atom stereocenters. The molecule has 2 aromatic heterocycles. The van der Waals surface area contributed by atoms with Crippen LogP contribution >= 0.6 is 0 Å². The van der Waals surface area contributed by atoms with Crippen molar-refractivity contribution in [2.24, 2.45) is 0 Å². The number of pyridine rings is 1. The van der Waals surface area contributed by atoms with Gasteiger partial charge in [-0.05, 0) is 38.3 Å². The molecule has 2 aromatic rings. The minimum atomic E-state index is -0.482. The van der Waals surface area contributed by atoms with E-state index >= 15 is 0 Å². The summed E-state index contributed by atoms with van der Waals surface area (Å²) in [4.78, 5) is 44.2. The van der Waals surface area contributed by atoms with Crippen LogP contribution in [-0.4, -0.2) is 57.0 Å². The van der Waals surface area contributed by atoms with E-state index in [2.05, 4.69) is 20.2 Å². The predicted octanol–water partition coefficient (Wildman–Crippen LogP) is 2.76. The Hall–Kier alpha value is -3.07. The number of H-pyrrole nitrogens is 1. The Labute approximate surface area is 168 Å². The second kappa shape index (κ2) is 8.52.